The van der Waals surface area contributed by atoms with E-state index in [-0.39, 0.29) is 18.0 Å². The molecule has 0 saturated heterocycles. The van der Waals surface area contributed by atoms with E-state index in [0.717, 1.165) is 5.56 Å². The Kier molecular flexibility index (Phi) is 4.14. The van der Waals surface area contributed by atoms with Crippen molar-refractivity contribution in [3.63, 3.8) is 0 Å². The third-order valence-electron chi connectivity index (χ3n) is 3.99. The first-order chi connectivity index (χ1) is 11.4. The van der Waals surface area contributed by atoms with Gasteiger partial charge >= 0.3 is 0 Å². The van der Waals surface area contributed by atoms with Gasteiger partial charge < -0.3 is 9.47 Å². The number of hydrogen-bond donors (Lipinski definition) is 0. The smallest absolute Gasteiger partial charge is 0.171 e. The van der Waals surface area contributed by atoms with Crippen molar-refractivity contribution in [1.82, 2.24) is 0 Å². The van der Waals surface area contributed by atoms with Crippen molar-refractivity contribution in [2.75, 3.05) is 7.11 Å². The molecule has 0 unspecified atom stereocenters. The predicted molar refractivity (Wildman–Crippen MR) is 91.2 cm³/mol. The highest BCUT2D eigenvalue weighted by Gasteiger charge is 2.26. The van der Waals surface area contributed by atoms with Gasteiger partial charge in [-0.2, -0.15) is 0 Å². The lowest BCUT2D eigenvalue weighted by Gasteiger charge is -2.29. The molecule has 0 aliphatic carbocycles. The standard InChI is InChI=1S/C20H19FO3/c1-20(2)11-10-15-18(24-20)9-8-14(19(15)23-3)17(22)12-13-6-4-5-7-16(13)21/h4-11H,12H2,1-3H3. The summed E-state index contributed by atoms with van der Waals surface area (Å²) >= 11 is 0. The maximum atomic E-state index is 13.8. The topological polar surface area (TPSA) is 35.5 Å². The molecule has 2 aromatic carbocycles. The molecule has 0 aromatic heterocycles. The van der Waals surface area contributed by atoms with E-state index >= 15 is 0 Å². The maximum absolute atomic E-state index is 13.8. The number of halogens is 1. The van der Waals surface area contributed by atoms with Gasteiger partial charge in [0, 0.05) is 6.42 Å². The third kappa shape index (κ3) is 3.04. The van der Waals surface area contributed by atoms with E-state index in [2.05, 4.69) is 0 Å². The van der Waals surface area contributed by atoms with Crippen molar-refractivity contribution < 1.29 is 18.7 Å². The predicted octanol–water partition coefficient (Wildman–Crippen LogP) is 4.44. The van der Waals surface area contributed by atoms with Crippen molar-refractivity contribution >= 4 is 11.9 Å². The highest BCUT2D eigenvalue weighted by atomic mass is 19.1. The molecular weight excluding hydrogens is 307 g/mol. The van der Waals surface area contributed by atoms with Gasteiger partial charge in [-0.15, -0.1) is 0 Å². The molecule has 0 fully saturated rings. The Balaban J connectivity index is 1.97. The van der Waals surface area contributed by atoms with Gasteiger partial charge in [0.1, 0.15) is 22.9 Å². The summed E-state index contributed by atoms with van der Waals surface area (Å²) in [6.07, 6.45) is 3.80. The Morgan fingerprint density at radius 2 is 1.96 bits per heavy atom. The Labute approximate surface area is 140 Å². The molecule has 0 spiro atoms. The number of methoxy groups -OCH3 is 1. The molecule has 0 amide bonds. The molecule has 0 saturated carbocycles. The first-order valence-electron chi connectivity index (χ1n) is 7.77. The van der Waals surface area contributed by atoms with Gasteiger partial charge in [-0.05, 0) is 49.8 Å². The number of rotatable bonds is 4. The summed E-state index contributed by atoms with van der Waals surface area (Å²) in [6.45, 7) is 3.91. The molecule has 0 bridgehead atoms. The van der Waals surface area contributed by atoms with E-state index in [1.807, 2.05) is 26.0 Å². The molecule has 124 valence electrons. The highest BCUT2D eigenvalue weighted by molar-refractivity contribution is 6.01. The zero-order valence-electron chi connectivity index (χ0n) is 13.9. The van der Waals surface area contributed by atoms with Crippen LogP contribution >= 0.6 is 0 Å². The van der Waals surface area contributed by atoms with Crippen LogP contribution in [0.25, 0.3) is 6.08 Å². The molecular formula is C20H19FO3. The van der Waals surface area contributed by atoms with Crippen molar-refractivity contribution in [3.05, 3.63) is 65.0 Å². The lowest BCUT2D eigenvalue weighted by Crippen LogP contribution is -2.27. The molecule has 1 aliphatic heterocycles. The van der Waals surface area contributed by atoms with E-state index in [4.69, 9.17) is 9.47 Å². The van der Waals surface area contributed by atoms with E-state index in [0.29, 0.717) is 22.6 Å². The monoisotopic (exact) mass is 326 g/mol. The fourth-order valence-corrected chi connectivity index (χ4v) is 2.78. The van der Waals surface area contributed by atoms with Gasteiger partial charge in [0.25, 0.3) is 0 Å². The van der Waals surface area contributed by atoms with Gasteiger partial charge in [0.05, 0.1) is 18.2 Å². The Morgan fingerprint density at radius 3 is 2.67 bits per heavy atom. The summed E-state index contributed by atoms with van der Waals surface area (Å²) in [4.78, 5) is 12.6. The maximum Gasteiger partial charge on any atom is 0.171 e. The number of fused-ring (bicyclic) bond motifs is 1. The zero-order valence-corrected chi connectivity index (χ0v) is 13.9. The number of Topliss-reactive ketones (excluding diaryl/α,β-unsaturated/α-hetero) is 1. The van der Waals surface area contributed by atoms with Crippen molar-refractivity contribution in [2.45, 2.75) is 25.9 Å². The van der Waals surface area contributed by atoms with Crippen LogP contribution in [0, 0.1) is 5.82 Å². The second-order valence-corrected chi connectivity index (χ2v) is 6.29. The molecule has 0 atom stereocenters. The third-order valence-corrected chi connectivity index (χ3v) is 3.99. The van der Waals surface area contributed by atoms with Gasteiger partial charge in [0.2, 0.25) is 0 Å². The lowest BCUT2D eigenvalue weighted by molar-refractivity contribution is 0.0988. The summed E-state index contributed by atoms with van der Waals surface area (Å²) in [7, 11) is 1.52. The normalized spacial score (nSPS) is 14.7. The van der Waals surface area contributed by atoms with Gasteiger partial charge in [-0.1, -0.05) is 18.2 Å². The Hall–Kier alpha value is -2.62. The van der Waals surface area contributed by atoms with E-state index < -0.39 is 5.60 Å². The SMILES string of the molecule is COc1c(C(=O)Cc2ccccc2F)ccc2c1C=CC(C)(C)O2. The quantitative estimate of drug-likeness (QED) is 0.779. The van der Waals surface area contributed by atoms with Crippen LogP contribution in [0.2, 0.25) is 0 Å². The molecule has 1 heterocycles. The van der Waals surface area contributed by atoms with Crippen LogP contribution in [-0.4, -0.2) is 18.5 Å². The average molecular weight is 326 g/mol. The van der Waals surface area contributed by atoms with Crippen LogP contribution in [0.5, 0.6) is 11.5 Å². The second-order valence-electron chi connectivity index (χ2n) is 6.29. The van der Waals surface area contributed by atoms with Crippen LogP contribution in [0.3, 0.4) is 0 Å². The largest absolute Gasteiger partial charge is 0.495 e. The molecule has 0 N–H and O–H groups in total. The van der Waals surface area contributed by atoms with Gasteiger partial charge in [0.15, 0.2) is 5.78 Å². The molecule has 1 aliphatic rings. The van der Waals surface area contributed by atoms with Crippen LogP contribution in [0.1, 0.15) is 35.3 Å². The van der Waals surface area contributed by atoms with E-state index in [1.54, 1.807) is 30.3 Å². The van der Waals surface area contributed by atoms with E-state index in [9.17, 15) is 9.18 Å². The Morgan fingerprint density at radius 1 is 1.21 bits per heavy atom. The molecule has 24 heavy (non-hydrogen) atoms. The first-order valence-corrected chi connectivity index (χ1v) is 7.77. The van der Waals surface area contributed by atoms with Gasteiger partial charge in [-0.25, -0.2) is 4.39 Å². The number of carbonyl (C=O) groups excluding carboxylic acids is 1. The summed E-state index contributed by atoms with van der Waals surface area (Å²) < 4.78 is 25.1. The number of ether oxygens (including phenoxy) is 2. The average Bonchev–Trinajstić information content (AvgIpc) is 2.54. The summed E-state index contributed by atoms with van der Waals surface area (Å²) in [5.74, 6) is 0.549. The van der Waals surface area contributed by atoms with Gasteiger partial charge in [-0.3, -0.25) is 4.79 Å². The van der Waals surface area contributed by atoms with Crippen molar-refractivity contribution in [2.24, 2.45) is 0 Å². The summed E-state index contributed by atoms with van der Waals surface area (Å²) in [6, 6.07) is 9.73. The minimum absolute atomic E-state index is 0.0160. The summed E-state index contributed by atoms with van der Waals surface area (Å²) in [5.41, 5.74) is 1.12. The number of hydrogen-bond acceptors (Lipinski definition) is 3. The van der Waals surface area contributed by atoms with Crippen LogP contribution in [-0.2, 0) is 6.42 Å². The minimum atomic E-state index is -0.406. The highest BCUT2D eigenvalue weighted by Crippen LogP contribution is 2.39. The lowest BCUT2D eigenvalue weighted by atomic mass is 9.96. The number of benzene rings is 2. The van der Waals surface area contributed by atoms with Crippen molar-refractivity contribution in [3.8, 4) is 11.5 Å². The molecule has 4 heteroatoms. The number of carbonyl (C=O) groups is 1. The molecule has 2 aromatic rings. The van der Waals surface area contributed by atoms with Crippen molar-refractivity contribution in [1.29, 1.82) is 0 Å². The first kappa shape index (κ1) is 16.2. The molecule has 3 nitrogen and oxygen atoms in total. The zero-order chi connectivity index (χ0) is 17.3. The van der Waals surface area contributed by atoms with Crippen LogP contribution in [0.4, 0.5) is 4.39 Å². The fraction of sp³-hybridized carbons (Fsp3) is 0.250. The Bertz CT molecular complexity index is 822. The summed E-state index contributed by atoms with van der Waals surface area (Å²) in [5, 5.41) is 0. The minimum Gasteiger partial charge on any atom is -0.495 e. The van der Waals surface area contributed by atoms with Crippen LogP contribution in [0.15, 0.2) is 42.5 Å². The van der Waals surface area contributed by atoms with Crippen LogP contribution < -0.4 is 9.47 Å². The fourth-order valence-electron chi connectivity index (χ4n) is 2.78. The molecule has 3 rings (SSSR count). The van der Waals surface area contributed by atoms with E-state index in [1.165, 1.54) is 13.2 Å². The number of ketones is 1. The second kappa shape index (κ2) is 6.11. The molecule has 0 radical (unpaired) electrons.